The summed E-state index contributed by atoms with van der Waals surface area (Å²) in [5.74, 6) is 0.551. The first kappa shape index (κ1) is 14.1. The van der Waals surface area contributed by atoms with Gasteiger partial charge in [0.05, 0.1) is 31.9 Å². The smallest absolute Gasteiger partial charge is 0.263 e. The highest BCUT2D eigenvalue weighted by Crippen LogP contribution is 2.29. The number of benzene rings is 1. The fourth-order valence-corrected chi connectivity index (χ4v) is 2.45. The topological polar surface area (TPSA) is 68.7 Å². The lowest BCUT2D eigenvalue weighted by Crippen LogP contribution is -2.29. The molecule has 1 aliphatic rings. The molecule has 2 aromatic rings. The van der Waals surface area contributed by atoms with E-state index in [1.54, 1.807) is 31.4 Å². The molecular weight excluding hydrogens is 284 g/mol. The van der Waals surface area contributed by atoms with E-state index in [1.165, 1.54) is 24.4 Å². The molecule has 0 radical (unpaired) electrons. The number of hydrogen-bond acceptors (Lipinski definition) is 5. The first-order valence-electron chi connectivity index (χ1n) is 6.67. The Kier molecular flexibility index (Phi) is 3.50. The van der Waals surface area contributed by atoms with Crippen molar-refractivity contribution in [2.75, 3.05) is 14.2 Å². The lowest BCUT2D eigenvalue weighted by Gasteiger charge is -2.16. The first-order chi connectivity index (χ1) is 10.7. The summed E-state index contributed by atoms with van der Waals surface area (Å²) in [5, 5.41) is 0. The molecule has 0 aliphatic carbocycles. The summed E-state index contributed by atoms with van der Waals surface area (Å²) in [7, 11) is 3.09. The Labute approximate surface area is 127 Å². The average molecular weight is 298 g/mol. The maximum atomic E-state index is 12.4. The van der Waals surface area contributed by atoms with Crippen LogP contribution in [0.3, 0.4) is 0 Å². The van der Waals surface area contributed by atoms with Crippen LogP contribution in [0, 0.1) is 0 Å². The Bertz CT molecular complexity index is 723. The highest BCUT2D eigenvalue weighted by molar-refractivity contribution is 6.21. The van der Waals surface area contributed by atoms with Crippen molar-refractivity contribution in [3.63, 3.8) is 0 Å². The van der Waals surface area contributed by atoms with Crippen LogP contribution in [0.5, 0.6) is 11.5 Å². The number of pyridine rings is 1. The van der Waals surface area contributed by atoms with Gasteiger partial charge in [-0.25, -0.2) is 0 Å². The van der Waals surface area contributed by atoms with Crippen LogP contribution in [0.4, 0.5) is 0 Å². The minimum absolute atomic E-state index is 0.118. The fourth-order valence-electron chi connectivity index (χ4n) is 2.45. The minimum Gasteiger partial charge on any atom is -0.497 e. The lowest BCUT2D eigenvalue weighted by atomic mass is 10.1. The van der Waals surface area contributed by atoms with Crippen molar-refractivity contribution in [3.8, 4) is 11.5 Å². The molecule has 2 amide bonds. The van der Waals surface area contributed by atoms with Gasteiger partial charge in [0.15, 0.2) is 0 Å². The van der Waals surface area contributed by atoms with Gasteiger partial charge in [0.1, 0.15) is 11.5 Å². The molecule has 1 aromatic carbocycles. The first-order valence-corrected chi connectivity index (χ1v) is 6.67. The van der Waals surface area contributed by atoms with Gasteiger partial charge in [-0.1, -0.05) is 0 Å². The molecule has 0 saturated carbocycles. The van der Waals surface area contributed by atoms with E-state index in [1.807, 2.05) is 0 Å². The zero-order chi connectivity index (χ0) is 15.7. The Morgan fingerprint density at radius 2 is 1.82 bits per heavy atom. The van der Waals surface area contributed by atoms with Crippen molar-refractivity contribution in [2.45, 2.75) is 6.54 Å². The van der Waals surface area contributed by atoms with Gasteiger partial charge < -0.3 is 9.47 Å². The lowest BCUT2D eigenvalue weighted by molar-refractivity contribution is 0.0641. The van der Waals surface area contributed by atoms with Crippen LogP contribution in [0.1, 0.15) is 26.3 Å². The van der Waals surface area contributed by atoms with E-state index in [9.17, 15) is 9.59 Å². The van der Waals surface area contributed by atoms with Crippen LogP contribution in [-0.4, -0.2) is 35.9 Å². The Hall–Kier alpha value is -2.89. The van der Waals surface area contributed by atoms with Crippen molar-refractivity contribution in [1.82, 2.24) is 9.88 Å². The number of aromatic nitrogens is 1. The maximum absolute atomic E-state index is 12.4. The standard InChI is InChI=1S/C16H14N2O4/c1-21-11-3-4-14(22-2)10(7-11)9-18-15(19)12-5-6-17-8-13(12)16(18)20/h3-8H,9H2,1-2H3. The largest absolute Gasteiger partial charge is 0.497 e. The highest BCUT2D eigenvalue weighted by Gasteiger charge is 2.35. The van der Waals surface area contributed by atoms with Gasteiger partial charge in [-0.3, -0.25) is 19.5 Å². The highest BCUT2D eigenvalue weighted by atomic mass is 16.5. The molecule has 6 nitrogen and oxygen atoms in total. The number of fused-ring (bicyclic) bond motifs is 1. The summed E-state index contributed by atoms with van der Waals surface area (Å²) in [6.07, 6.45) is 2.91. The third kappa shape index (κ3) is 2.18. The van der Waals surface area contributed by atoms with E-state index in [2.05, 4.69) is 4.98 Å². The van der Waals surface area contributed by atoms with Crippen molar-refractivity contribution >= 4 is 11.8 Å². The predicted molar refractivity (Wildman–Crippen MR) is 78.0 cm³/mol. The number of carbonyl (C=O) groups excluding carboxylic acids is 2. The predicted octanol–water partition coefficient (Wildman–Crippen LogP) is 1.90. The maximum Gasteiger partial charge on any atom is 0.263 e. The molecule has 1 aliphatic heterocycles. The number of ether oxygens (including phenoxy) is 2. The van der Waals surface area contributed by atoms with Crippen LogP contribution in [0.25, 0.3) is 0 Å². The second kappa shape index (κ2) is 5.48. The van der Waals surface area contributed by atoms with Crippen LogP contribution in [0.15, 0.2) is 36.7 Å². The van der Waals surface area contributed by atoms with Crippen molar-refractivity contribution in [2.24, 2.45) is 0 Å². The van der Waals surface area contributed by atoms with E-state index >= 15 is 0 Å². The van der Waals surface area contributed by atoms with Crippen molar-refractivity contribution in [1.29, 1.82) is 0 Å². The molecular formula is C16H14N2O4. The molecule has 0 bridgehead atoms. The normalized spacial score (nSPS) is 13.3. The summed E-state index contributed by atoms with van der Waals surface area (Å²) in [6.45, 7) is 0.118. The van der Waals surface area contributed by atoms with E-state index in [0.717, 1.165) is 0 Å². The quantitative estimate of drug-likeness (QED) is 0.806. The third-order valence-electron chi connectivity index (χ3n) is 3.59. The molecule has 22 heavy (non-hydrogen) atoms. The minimum atomic E-state index is -0.349. The summed E-state index contributed by atoms with van der Waals surface area (Å²) in [6, 6.07) is 6.81. The van der Waals surface area contributed by atoms with E-state index < -0.39 is 0 Å². The van der Waals surface area contributed by atoms with Gasteiger partial charge in [-0.15, -0.1) is 0 Å². The molecule has 1 aromatic heterocycles. The Morgan fingerprint density at radius 3 is 2.50 bits per heavy atom. The molecule has 0 spiro atoms. The number of amides is 2. The van der Waals surface area contributed by atoms with Gasteiger partial charge >= 0.3 is 0 Å². The Balaban J connectivity index is 1.95. The summed E-state index contributed by atoms with van der Waals surface area (Å²) in [5.41, 5.74) is 1.40. The van der Waals surface area contributed by atoms with Gasteiger partial charge in [0.2, 0.25) is 0 Å². The molecule has 0 fully saturated rings. The molecule has 3 rings (SSSR count). The second-order valence-electron chi connectivity index (χ2n) is 4.80. The monoisotopic (exact) mass is 298 g/mol. The van der Waals surface area contributed by atoms with Crippen LogP contribution in [0.2, 0.25) is 0 Å². The van der Waals surface area contributed by atoms with Crippen molar-refractivity contribution in [3.05, 3.63) is 53.3 Å². The fraction of sp³-hybridized carbons (Fsp3) is 0.188. The molecule has 112 valence electrons. The van der Waals surface area contributed by atoms with Gasteiger partial charge in [-0.05, 0) is 24.3 Å². The molecule has 2 heterocycles. The number of imide groups is 1. The number of rotatable bonds is 4. The van der Waals surface area contributed by atoms with Gasteiger partial charge in [0.25, 0.3) is 11.8 Å². The number of hydrogen-bond donors (Lipinski definition) is 0. The zero-order valence-electron chi connectivity index (χ0n) is 12.2. The summed E-state index contributed by atoms with van der Waals surface area (Å²) in [4.78, 5) is 29.8. The van der Waals surface area contributed by atoms with Crippen molar-refractivity contribution < 1.29 is 19.1 Å². The van der Waals surface area contributed by atoms with Crippen LogP contribution in [-0.2, 0) is 6.54 Å². The number of carbonyl (C=O) groups is 2. The second-order valence-corrected chi connectivity index (χ2v) is 4.80. The van der Waals surface area contributed by atoms with E-state index in [0.29, 0.717) is 28.2 Å². The van der Waals surface area contributed by atoms with E-state index in [-0.39, 0.29) is 18.4 Å². The molecule has 6 heteroatoms. The summed E-state index contributed by atoms with van der Waals surface area (Å²) < 4.78 is 10.5. The van der Waals surface area contributed by atoms with Gasteiger partial charge in [-0.2, -0.15) is 0 Å². The van der Waals surface area contributed by atoms with Gasteiger partial charge in [0, 0.05) is 18.0 Å². The average Bonchev–Trinajstić information content (AvgIpc) is 2.80. The van der Waals surface area contributed by atoms with Crippen LogP contribution < -0.4 is 9.47 Å². The number of methoxy groups -OCH3 is 2. The zero-order valence-corrected chi connectivity index (χ0v) is 12.2. The Morgan fingerprint density at radius 1 is 1.05 bits per heavy atom. The van der Waals surface area contributed by atoms with E-state index in [4.69, 9.17) is 9.47 Å². The summed E-state index contributed by atoms with van der Waals surface area (Å²) >= 11 is 0. The molecule has 0 N–H and O–H groups in total. The van der Waals surface area contributed by atoms with Crippen LogP contribution >= 0.6 is 0 Å². The molecule has 0 unspecified atom stereocenters. The third-order valence-corrected chi connectivity index (χ3v) is 3.59. The SMILES string of the molecule is COc1ccc(OC)c(CN2C(=O)c3ccncc3C2=O)c1. The molecule has 0 saturated heterocycles. The number of nitrogens with zero attached hydrogens (tertiary/aromatic N) is 2. The molecule has 0 atom stereocenters.